The van der Waals surface area contributed by atoms with Gasteiger partial charge in [-0.3, -0.25) is 9.59 Å². The van der Waals surface area contributed by atoms with Gasteiger partial charge in [0.15, 0.2) is 5.43 Å². The molecule has 1 N–H and O–H groups in total. The van der Waals surface area contributed by atoms with Crippen molar-refractivity contribution in [3.63, 3.8) is 0 Å². The number of hydrogen-bond acceptors (Lipinski definition) is 3. The number of fused-ring (bicyclic) bond motifs is 1. The minimum atomic E-state index is -0.468. The zero-order valence-electron chi connectivity index (χ0n) is 12.9. The zero-order valence-corrected chi connectivity index (χ0v) is 12.9. The fraction of sp³-hybridized carbons (Fsp3) is 0.0526. The molecule has 0 spiro atoms. The van der Waals surface area contributed by atoms with Crippen LogP contribution in [0.1, 0.15) is 11.1 Å². The number of rotatable bonds is 3. The van der Waals surface area contributed by atoms with E-state index < -0.39 is 11.7 Å². The number of carbonyl (C=O) groups is 1. The molecule has 0 aliphatic rings. The lowest BCUT2D eigenvalue weighted by Crippen LogP contribution is -2.09. The molecule has 0 saturated carbocycles. The zero-order chi connectivity index (χ0) is 17.1. The molecular weight excluding hydrogens is 309 g/mol. The molecule has 0 aliphatic heterocycles. The lowest BCUT2D eigenvalue weighted by molar-refractivity contribution is -0.111. The summed E-state index contributed by atoms with van der Waals surface area (Å²) in [6, 6.07) is 10.9. The van der Waals surface area contributed by atoms with E-state index in [9.17, 15) is 14.0 Å². The average molecular weight is 323 g/mol. The van der Waals surface area contributed by atoms with Crippen molar-refractivity contribution in [2.45, 2.75) is 6.92 Å². The van der Waals surface area contributed by atoms with Gasteiger partial charge in [-0.1, -0.05) is 17.7 Å². The molecule has 0 radical (unpaired) electrons. The third-order valence-corrected chi connectivity index (χ3v) is 3.46. The number of hydrogen-bond donors (Lipinski definition) is 1. The lowest BCUT2D eigenvalue weighted by atomic mass is 10.1. The highest BCUT2D eigenvalue weighted by molar-refractivity contribution is 6.02. The summed E-state index contributed by atoms with van der Waals surface area (Å²) in [7, 11) is 0. The molecule has 0 unspecified atom stereocenters. The van der Waals surface area contributed by atoms with Gasteiger partial charge in [-0.05, 0) is 43.3 Å². The average Bonchev–Trinajstić information content (AvgIpc) is 2.55. The maximum atomic E-state index is 13.1. The van der Waals surface area contributed by atoms with E-state index >= 15 is 0 Å². The Morgan fingerprint density at radius 3 is 2.83 bits per heavy atom. The number of carbonyl (C=O) groups excluding carboxylic acids is 1. The predicted molar refractivity (Wildman–Crippen MR) is 91.3 cm³/mol. The fourth-order valence-corrected chi connectivity index (χ4v) is 2.29. The molecule has 5 heteroatoms. The topological polar surface area (TPSA) is 59.3 Å². The molecule has 120 valence electrons. The summed E-state index contributed by atoms with van der Waals surface area (Å²) in [4.78, 5) is 24.3. The van der Waals surface area contributed by atoms with Crippen molar-refractivity contribution in [1.29, 1.82) is 0 Å². The van der Waals surface area contributed by atoms with E-state index in [1.807, 2.05) is 13.0 Å². The number of benzene rings is 2. The molecule has 0 atom stereocenters. The van der Waals surface area contributed by atoms with Gasteiger partial charge < -0.3 is 9.73 Å². The highest BCUT2D eigenvalue weighted by Gasteiger charge is 2.06. The van der Waals surface area contributed by atoms with Crippen LogP contribution in [0.4, 0.5) is 10.1 Å². The Morgan fingerprint density at radius 1 is 1.21 bits per heavy atom. The quantitative estimate of drug-likeness (QED) is 0.744. The maximum absolute atomic E-state index is 13.1. The van der Waals surface area contributed by atoms with Crippen LogP contribution in [0.5, 0.6) is 0 Å². The van der Waals surface area contributed by atoms with Crippen LogP contribution in [-0.2, 0) is 4.79 Å². The van der Waals surface area contributed by atoms with Crippen molar-refractivity contribution in [2.75, 3.05) is 5.32 Å². The highest BCUT2D eigenvalue weighted by Crippen LogP contribution is 2.14. The van der Waals surface area contributed by atoms with Crippen molar-refractivity contribution in [3.05, 3.63) is 82.0 Å². The highest BCUT2D eigenvalue weighted by atomic mass is 19.1. The van der Waals surface area contributed by atoms with Crippen LogP contribution in [0.25, 0.3) is 17.0 Å². The Bertz CT molecular complexity index is 1000. The van der Waals surface area contributed by atoms with Crippen molar-refractivity contribution in [2.24, 2.45) is 0 Å². The van der Waals surface area contributed by atoms with Gasteiger partial charge in [0.1, 0.15) is 17.7 Å². The monoisotopic (exact) mass is 323 g/mol. The van der Waals surface area contributed by atoms with Crippen molar-refractivity contribution in [3.8, 4) is 0 Å². The Labute approximate surface area is 137 Å². The van der Waals surface area contributed by atoms with E-state index in [-0.39, 0.29) is 11.0 Å². The molecular formula is C19H14FNO3. The predicted octanol–water partition coefficient (Wildman–Crippen LogP) is 3.89. The summed E-state index contributed by atoms with van der Waals surface area (Å²) in [6.07, 6.45) is 3.90. The Morgan fingerprint density at radius 2 is 2.04 bits per heavy atom. The Hall–Kier alpha value is -3.21. The van der Waals surface area contributed by atoms with Crippen molar-refractivity contribution < 1.29 is 13.6 Å². The van der Waals surface area contributed by atoms with Gasteiger partial charge in [0, 0.05) is 11.8 Å². The van der Waals surface area contributed by atoms with Gasteiger partial charge in [0.2, 0.25) is 5.91 Å². The molecule has 1 aromatic heterocycles. The van der Waals surface area contributed by atoms with E-state index in [2.05, 4.69) is 5.32 Å². The summed E-state index contributed by atoms with van der Waals surface area (Å²) in [5.74, 6) is -0.910. The van der Waals surface area contributed by atoms with Gasteiger partial charge in [0.05, 0.1) is 10.9 Å². The molecule has 0 fully saturated rings. The number of anilines is 1. The van der Waals surface area contributed by atoms with Gasteiger partial charge in [-0.25, -0.2) is 4.39 Å². The lowest BCUT2D eigenvalue weighted by Gasteiger charge is -2.02. The first-order valence-electron chi connectivity index (χ1n) is 7.30. The van der Waals surface area contributed by atoms with E-state index in [1.165, 1.54) is 36.6 Å². The van der Waals surface area contributed by atoms with Crippen LogP contribution < -0.4 is 10.7 Å². The molecule has 1 heterocycles. The Balaban J connectivity index is 1.84. The standard InChI is InChI=1S/C19H14FNO3/c1-12-5-7-17-16(9-12)19(23)13(11-24-17)6-8-18(22)21-15-4-2-3-14(20)10-15/h2-11H,1H3,(H,21,22)/b8-6+. The third kappa shape index (κ3) is 3.41. The van der Waals surface area contributed by atoms with Gasteiger partial charge in [-0.2, -0.15) is 0 Å². The smallest absolute Gasteiger partial charge is 0.248 e. The molecule has 0 aliphatic carbocycles. The first-order valence-corrected chi connectivity index (χ1v) is 7.30. The van der Waals surface area contributed by atoms with Crippen molar-refractivity contribution in [1.82, 2.24) is 0 Å². The van der Waals surface area contributed by atoms with Crippen LogP contribution >= 0.6 is 0 Å². The minimum absolute atomic E-state index is 0.213. The number of halogens is 1. The first kappa shape index (κ1) is 15.7. The Kier molecular flexibility index (Phi) is 4.24. The number of nitrogens with one attached hydrogen (secondary N) is 1. The number of amides is 1. The molecule has 1 amide bonds. The van der Waals surface area contributed by atoms with E-state index in [4.69, 9.17) is 4.42 Å². The normalized spacial score (nSPS) is 11.1. The summed E-state index contributed by atoms with van der Waals surface area (Å²) in [5.41, 5.74) is 1.83. The number of aryl methyl sites for hydroxylation is 1. The molecule has 3 rings (SSSR count). The molecule has 4 nitrogen and oxygen atoms in total. The third-order valence-electron chi connectivity index (χ3n) is 3.46. The molecule has 24 heavy (non-hydrogen) atoms. The van der Waals surface area contributed by atoms with Crippen LogP contribution in [0.2, 0.25) is 0 Å². The largest absolute Gasteiger partial charge is 0.463 e. The van der Waals surface area contributed by atoms with Crippen LogP contribution in [0.15, 0.2) is 64.0 Å². The van der Waals surface area contributed by atoms with Crippen LogP contribution in [-0.4, -0.2) is 5.91 Å². The SMILES string of the molecule is Cc1ccc2occ(/C=C/C(=O)Nc3cccc(F)c3)c(=O)c2c1. The van der Waals surface area contributed by atoms with Crippen molar-refractivity contribution >= 4 is 28.6 Å². The summed E-state index contributed by atoms with van der Waals surface area (Å²) >= 11 is 0. The summed E-state index contributed by atoms with van der Waals surface area (Å²) in [5, 5.41) is 2.98. The second kappa shape index (κ2) is 6.50. The van der Waals surface area contributed by atoms with Gasteiger partial charge in [0.25, 0.3) is 0 Å². The minimum Gasteiger partial charge on any atom is -0.463 e. The van der Waals surface area contributed by atoms with Gasteiger partial charge >= 0.3 is 0 Å². The molecule has 2 aromatic carbocycles. The molecule has 0 saturated heterocycles. The van der Waals surface area contributed by atoms with E-state index in [1.54, 1.807) is 18.2 Å². The molecule has 0 bridgehead atoms. The second-order valence-electron chi connectivity index (χ2n) is 5.35. The fourth-order valence-electron chi connectivity index (χ4n) is 2.29. The summed E-state index contributed by atoms with van der Waals surface area (Å²) in [6.45, 7) is 1.88. The first-order chi connectivity index (χ1) is 11.5. The molecule has 3 aromatic rings. The second-order valence-corrected chi connectivity index (χ2v) is 5.35. The van der Waals surface area contributed by atoms with E-state index in [0.29, 0.717) is 16.7 Å². The van der Waals surface area contributed by atoms with Crippen LogP contribution in [0.3, 0.4) is 0 Å². The maximum Gasteiger partial charge on any atom is 0.248 e. The van der Waals surface area contributed by atoms with Crippen LogP contribution in [0, 0.1) is 12.7 Å². The van der Waals surface area contributed by atoms with Gasteiger partial charge in [-0.15, -0.1) is 0 Å². The van der Waals surface area contributed by atoms with E-state index in [0.717, 1.165) is 5.56 Å². The summed E-state index contributed by atoms with van der Waals surface area (Å²) < 4.78 is 18.5.